The minimum absolute atomic E-state index is 0.0470. The average molecular weight is 363 g/mol. The van der Waals surface area contributed by atoms with Gasteiger partial charge in [0.05, 0.1) is 12.6 Å². The van der Waals surface area contributed by atoms with E-state index in [2.05, 4.69) is 5.32 Å². The molecule has 1 aromatic carbocycles. The minimum Gasteiger partial charge on any atom is -0.508 e. The van der Waals surface area contributed by atoms with Gasteiger partial charge >= 0.3 is 0 Å². The number of phenolic OH excluding ortho intramolecular Hbond substituents is 1. The fourth-order valence-electron chi connectivity index (χ4n) is 2.81. The summed E-state index contributed by atoms with van der Waals surface area (Å²) in [6.07, 6.45) is 0.529. The number of rotatable bonds is 6. The summed E-state index contributed by atoms with van der Waals surface area (Å²) in [6.45, 7) is 6.91. The second-order valence-corrected chi connectivity index (χ2v) is 6.73. The van der Waals surface area contributed by atoms with Gasteiger partial charge in [0.25, 0.3) is 5.91 Å². The lowest BCUT2D eigenvalue weighted by Gasteiger charge is -2.25. The van der Waals surface area contributed by atoms with Crippen LogP contribution in [0.5, 0.6) is 5.75 Å². The van der Waals surface area contributed by atoms with Crippen LogP contribution in [0, 0.1) is 6.92 Å². The van der Waals surface area contributed by atoms with E-state index in [4.69, 9.17) is 4.74 Å². The number of nitrogens with one attached hydrogen (secondary N) is 1. The van der Waals surface area contributed by atoms with Crippen LogP contribution in [0.4, 0.5) is 0 Å². The maximum Gasteiger partial charge on any atom is 0.253 e. The number of carbonyl (C=O) groups excluding carboxylic acids is 2. The highest BCUT2D eigenvalue weighted by atomic mass is 16.5. The monoisotopic (exact) mass is 363 g/mol. The molecule has 2 amide bonds. The number of likely N-dealkylation sites (N-methyl/N-ethyl adjacent to an activating group) is 1. The predicted octanol–water partition coefficient (Wildman–Crippen LogP) is 1.000. The van der Waals surface area contributed by atoms with Crippen LogP contribution in [0.25, 0.3) is 0 Å². The van der Waals surface area contributed by atoms with Crippen molar-refractivity contribution in [1.29, 1.82) is 0 Å². The molecule has 7 heteroatoms. The fraction of sp³-hybridized carbons (Fsp3) is 0.579. The van der Waals surface area contributed by atoms with Gasteiger partial charge in [-0.1, -0.05) is 6.92 Å². The van der Waals surface area contributed by atoms with E-state index in [9.17, 15) is 14.7 Å². The highest BCUT2D eigenvalue weighted by molar-refractivity contribution is 5.94. The van der Waals surface area contributed by atoms with Crippen LogP contribution in [0.2, 0.25) is 0 Å². The predicted molar refractivity (Wildman–Crippen MR) is 99.3 cm³/mol. The van der Waals surface area contributed by atoms with E-state index in [0.29, 0.717) is 43.9 Å². The van der Waals surface area contributed by atoms with Gasteiger partial charge < -0.3 is 20.1 Å². The first-order valence-electron chi connectivity index (χ1n) is 9.06. The maximum absolute atomic E-state index is 12.8. The Hall–Kier alpha value is -2.12. The fourth-order valence-corrected chi connectivity index (χ4v) is 2.81. The zero-order chi connectivity index (χ0) is 19.1. The maximum atomic E-state index is 12.8. The van der Waals surface area contributed by atoms with E-state index in [1.165, 1.54) is 0 Å². The number of ether oxygens (including phenoxy) is 1. The minimum atomic E-state index is -0.226. The van der Waals surface area contributed by atoms with Gasteiger partial charge in [0.2, 0.25) is 5.91 Å². The van der Waals surface area contributed by atoms with Crippen molar-refractivity contribution in [3.05, 3.63) is 29.3 Å². The molecule has 0 saturated carbocycles. The third-order valence-corrected chi connectivity index (χ3v) is 4.56. The van der Waals surface area contributed by atoms with Gasteiger partial charge in [0.15, 0.2) is 0 Å². The SMILES string of the molecule is CCN(C)CC(=O)NCC1CN(C(=O)c2ccc(O)c(C)c2)CCCO1. The Bertz CT molecular complexity index is 635. The normalized spacial score (nSPS) is 17.8. The highest BCUT2D eigenvalue weighted by Crippen LogP contribution is 2.19. The zero-order valence-electron chi connectivity index (χ0n) is 15.8. The Morgan fingerprint density at radius 1 is 1.42 bits per heavy atom. The highest BCUT2D eigenvalue weighted by Gasteiger charge is 2.24. The number of aromatic hydroxyl groups is 1. The molecule has 2 N–H and O–H groups in total. The summed E-state index contributed by atoms with van der Waals surface area (Å²) in [5, 5.41) is 12.5. The van der Waals surface area contributed by atoms with Crippen LogP contribution in [0.3, 0.4) is 0 Å². The molecule has 1 saturated heterocycles. The molecule has 26 heavy (non-hydrogen) atoms. The first-order valence-corrected chi connectivity index (χ1v) is 9.06. The van der Waals surface area contributed by atoms with Crippen LogP contribution in [0.1, 0.15) is 29.3 Å². The van der Waals surface area contributed by atoms with E-state index >= 15 is 0 Å². The topological polar surface area (TPSA) is 82.1 Å². The summed E-state index contributed by atoms with van der Waals surface area (Å²) in [5.74, 6) is 0.0493. The number of nitrogens with zero attached hydrogens (tertiary/aromatic N) is 2. The molecule has 144 valence electrons. The molecule has 1 aliphatic rings. The average Bonchev–Trinajstić information content (AvgIpc) is 2.87. The van der Waals surface area contributed by atoms with E-state index in [0.717, 1.165) is 13.0 Å². The zero-order valence-corrected chi connectivity index (χ0v) is 15.8. The van der Waals surface area contributed by atoms with Gasteiger partial charge in [0, 0.05) is 31.8 Å². The molecule has 0 aromatic heterocycles. The van der Waals surface area contributed by atoms with Gasteiger partial charge in [-0.15, -0.1) is 0 Å². The molecule has 1 heterocycles. The van der Waals surface area contributed by atoms with E-state index in [-0.39, 0.29) is 23.7 Å². The third-order valence-electron chi connectivity index (χ3n) is 4.56. The van der Waals surface area contributed by atoms with Crippen molar-refractivity contribution >= 4 is 11.8 Å². The molecule has 2 rings (SSSR count). The van der Waals surface area contributed by atoms with Crippen molar-refractivity contribution in [2.75, 3.05) is 46.4 Å². The molecule has 1 atom stereocenters. The quantitative estimate of drug-likeness (QED) is 0.788. The van der Waals surface area contributed by atoms with Crippen molar-refractivity contribution in [3.63, 3.8) is 0 Å². The number of aryl methyl sites for hydroxylation is 1. The second-order valence-electron chi connectivity index (χ2n) is 6.73. The first-order chi connectivity index (χ1) is 12.4. The van der Waals surface area contributed by atoms with Crippen molar-refractivity contribution in [2.24, 2.45) is 0 Å². The summed E-state index contributed by atoms with van der Waals surface area (Å²) in [7, 11) is 1.89. The lowest BCUT2D eigenvalue weighted by atomic mass is 10.1. The number of benzene rings is 1. The van der Waals surface area contributed by atoms with E-state index < -0.39 is 0 Å². The van der Waals surface area contributed by atoms with Crippen molar-refractivity contribution in [2.45, 2.75) is 26.4 Å². The molecule has 0 aliphatic carbocycles. The third kappa shape index (κ3) is 5.71. The summed E-state index contributed by atoms with van der Waals surface area (Å²) in [6, 6.07) is 4.87. The molecule has 0 radical (unpaired) electrons. The van der Waals surface area contributed by atoms with E-state index in [1.807, 2.05) is 18.9 Å². The summed E-state index contributed by atoms with van der Waals surface area (Å²) in [4.78, 5) is 28.4. The van der Waals surface area contributed by atoms with Gasteiger partial charge in [-0.2, -0.15) is 0 Å². The van der Waals surface area contributed by atoms with Crippen LogP contribution in [-0.2, 0) is 9.53 Å². The van der Waals surface area contributed by atoms with Gasteiger partial charge in [0.1, 0.15) is 5.75 Å². The van der Waals surface area contributed by atoms with Gasteiger partial charge in [-0.05, 0) is 50.7 Å². The standard InChI is InChI=1S/C19H29N3O4/c1-4-21(3)13-18(24)20-11-16-12-22(8-5-9-26-16)19(25)15-6-7-17(23)14(2)10-15/h6-7,10,16,23H,4-5,8-9,11-13H2,1-3H3,(H,20,24). The molecule has 1 fully saturated rings. The largest absolute Gasteiger partial charge is 0.508 e. The van der Waals surface area contributed by atoms with Crippen molar-refractivity contribution in [1.82, 2.24) is 15.1 Å². The molecule has 7 nitrogen and oxygen atoms in total. The molecule has 1 aliphatic heterocycles. The molecule has 1 unspecified atom stereocenters. The second kappa shape index (κ2) is 9.54. The Morgan fingerprint density at radius 2 is 2.19 bits per heavy atom. The van der Waals surface area contributed by atoms with Crippen molar-refractivity contribution < 1.29 is 19.4 Å². The molecular weight excluding hydrogens is 334 g/mol. The van der Waals surface area contributed by atoms with Crippen LogP contribution in [0.15, 0.2) is 18.2 Å². The number of amides is 2. The Kier molecular flexibility index (Phi) is 7.41. The molecule has 0 bridgehead atoms. The summed E-state index contributed by atoms with van der Waals surface area (Å²) >= 11 is 0. The summed E-state index contributed by atoms with van der Waals surface area (Å²) in [5.41, 5.74) is 1.22. The van der Waals surface area contributed by atoms with E-state index in [1.54, 1.807) is 30.0 Å². The molecule has 1 aromatic rings. The first kappa shape index (κ1) is 20.2. The van der Waals surface area contributed by atoms with Crippen LogP contribution in [-0.4, -0.2) is 79.2 Å². The Balaban J connectivity index is 1.94. The summed E-state index contributed by atoms with van der Waals surface area (Å²) < 4.78 is 5.78. The Labute approximate surface area is 154 Å². The number of phenols is 1. The molecular formula is C19H29N3O4. The number of hydrogen-bond donors (Lipinski definition) is 2. The lowest BCUT2D eigenvalue weighted by Crippen LogP contribution is -2.44. The van der Waals surface area contributed by atoms with Crippen molar-refractivity contribution in [3.8, 4) is 5.75 Å². The lowest BCUT2D eigenvalue weighted by molar-refractivity contribution is -0.122. The van der Waals surface area contributed by atoms with Crippen LogP contribution < -0.4 is 5.32 Å². The number of hydrogen-bond acceptors (Lipinski definition) is 5. The van der Waals surface area contributed by atoms with Gasteiger partial charge in [-0.25, -0.2) is 0 Å². The van der Waals surface area contributed by atoms with Gasteiger partial charge in [-0.3, -0.25) is 14.5 Å². The smallest absolute Gasteiger partial charge is 0.253 e. The molecule has 0 spiro atoms. The van der Waals surface area contributed by atoms with Crippen LogP contribution >= 0.6 is 0 Å². The number of carbonyl (C=O) groups is 2. The Morgan fingerprint density at radius 3 is 2.88 bits per heavy atom.